The smallest absolute Gasteiger partial charge is 0.327 e. The van der Waals surface area contributed by atoms with Crippen molar-refractivity contribution in [3.05, 3.63) is 0 Å². The van der Waals surface area contributed by atoms with Crippen LogP contribution in [0.4, 0.5) is 4.39 Å². The van der Waals surface area contributed by atoms with Gasteiger partial charge in [-0.05, 0) is 6.42 Å². The Morgan fingerprint density at radius 1 is 1.53 bits per heavy atom. The summed E-state index contributed by atoms with van der Waals surface area (Å²) in [6, 6.07) is -1.16. The summed E-state index contributed by atoms with van der Waals surface area (Å²) in [4.78, 5) is 21.2. The molecule has 88 valence electrons. The van der Waals surface area contributed by atoms with E-state index in [1.54, 1.807) is 0 Å². The van der Waals surface area contributed by atoms with Crippen molar-refractivity contribution in [2.45, 2.75) is 19.4 Å². The largest absolute Gasteiger partial charge is 0.480 e. The number of rotatable bonds is 7. The molecule has 5 nitrogen and oxygen atoms in total. The molecule has 0 aliphatic carbocycles. The van der Waals surface area contributed by atoms with Gasteiger partial charge < -0.3 is 10.4 Å². The summed E-state index contributed by atoms with van der Waals surface area (Å²) in [5.41, 5.74) is 0. The molecule has 0 bridgehead atoms. The molecular weight excluding hydrogens is 225 g/mol. The van der Waals surface area contributed by atoms with E-state index in [0.29, 0.717) is 0 Å². The zero-order chi connectivity index (χ0) is 11.8. The molecule has 0 aromatic carbocycles. The van der Waals surface area contributed by atoms with Crippen LogP contribution in [0.5, 0.6) is 0 Å². The second-order valence-electron chi connectivity index (χ2n) is 2.94. The molecule has 15 heavy (non-hydrogen) atoms. The lowest BCUT2D eigenvalue weighted by atomic mass is 10.3. The number of hydrogen-bond acceptors (Lipinski definition) is 3. The van der Waals surface area contributed by atoms with Gasteiger partial charge in [0.1, 0.15) is 6.04 Å². The maximum atomic E-state index is 11.7. The highest BCUT2D eigenvalue weighted by Crippen LogP contribution is 1.94. The first kappa shape index (κ1) is 14.0. The van der Waals surface area contributed by atoms with Crippen molar-refractivity contribution in [1.29, 1.82) is 0 Å². The average Bonchev–Trinajstić information content (AvgIpc) is 2.12. The summed E-state index contributed by atoms with van der Waals surface area (Å²) >= 11 is 0. The molecule has 7 heteroatoms. The van der Waals surface area contributed by atoms with Crippen molar-refractivity contribution < 1.29 is 23.3 Å². The molecule has 0 spiro atoms. The average molecular weight is 239 g/mol. The molecule has 0 rings (SSSR count). The fraction of sp³-hybridized carbons (Fsp3) is 0.750. The number of hydrogen-bond donors (Lipinski definition) is 2. The predicted molar refractivity (Wildman–Crippen MR) is 53.7 cm³/mol. The number of carboxylic acids is 1. The molecule has 0 aromatic rings. The molecule has 2 atom stereocenters. The van der Waals surface area contributed by atoms with E-state index in [1.807, 2.05) is 0 Å². The summed E-state index contributed by atoms with van der Waals surface area (Å²) in [5.74, 6) is -1.81. The highest BCUT2D eigenvalue weighted by Gasteiger charge is 2.20. The van der Waals surface area contributed by atoms with Crippen molar-refractivity contribution in [2.24, 2.45) is 0 Å². The van der Waals surface area contributed by atoms with Crippen LogP contribution in [0, 0.1) is 0 Å². The lowest BCUT2D eigenvalue weighted by Crippen LogP contribution is -2.43. The highest BCUT2D eigenvalue weighted by atomic mass is 32.2. The van der Waals surface area contributed by atoms with E-state index in [-0.39, 0.29) is 17.9 Å². The summed E-state index contributed by atoms with van der Waals surface area (Å²) in [6.07, 6.45) is 0.138. The summed E-state index contributed by atoms with van der Waals surface area (Å²) in [6.45, 7) is 0.601. The normalized spacial score (nSPS) is 14.3. The molecule has 0 aromatic heterocycles. The summed E-state index contributed by atoms with van der Waals surface area (Å²) in [7, 11) is -1.42. The Bertz CT molecular complexity index is 259. The first-order valence-electron chi connectivity index (χ1n) is 4.38. The monoisotopic (exact) mass is 239 g/mol. The Morgan fingerprint density at radius 3 is 2.53 bits per heavy atom. The number of halogens is 1. The minimum Gasteiger partial charge on any atom is -0.480 e. The van der Waals surface area contributed by atoms with Gasteiger partial charge in [0, 0.05) is 23.5 Å². The van der Waals surface area contributed by atoms with Crippen LogP contribution in [0.2, 0.25) is 0 Å². The van der Waals surface area contributed by atoms with Gasteiger partial charge >= 0.3 is 5.97 Å². The quantitative estimate of drug-likeness (QED) is 0.638. The van der Waals surface area contributed by atoms with Crippen LogP contribution in [0.15, 0.2) is 0 Å². The van der Waals surface area contributed by atoms with Crippen LogP contribution in [0.25, 0.3) is 0 Å². The van der Waals surface area contributed by atoms with Crippen LogP contribution < -0.4 is 5.32 Å². The van der Waals surface area contributed by atoms with Crippen LogP contribution in [0.1, 0.15) is 13.3 Å². The lowest BCUT2D eigenvalue weighted by Gasteiger charge is -2.12. The zero-order valence-corrected chi connectivity index (χ0v) is 9.18. The van der Waals surface area contributed by atoms with Crippen LogP contribution in [-0.2, 0) is 20.4 Å². The molecule has 0 saturated carbocycles. The first-order chi connectivity index (χ1) is 6.97. The number of carbonyl (C=O) groups is 2. The van der Waals surface area contributed by atoms with Gasteiger partial charge in [-0.2, -0.15) is 0 Å². The van der Waals surface area contributed by atoms with E-state index < -0.39 is 35.4 Å². The third-order valence-corrected chi connectivity index (χ3v) is 2.98. The minimum atomic E-state index is -1.42. The van der Waals surface area contributed by atoms with E-state index in [0.717, 1.165) is 0 Å². The number of nitrogens with one attached hydrogen (secondary N) is 1. The predicted octanol–water partition coefficient (Wildman–Crippen LogP) is -0.316. The van der Waals surface area contributed by atoms with Crippen LogP contribution in [0.3, 0.4) is 0 Å². The topological polar surface area (TPSA) is 83.5 Å². The zero-order valence-electron chi connectivity index (χ0n) is 8.36. The molecule has 0 radical (unpaired) electrons. The fourth-order valence-corrected chi connectivity index (χ4v) is 2.10. The van der Waals surface area contributed by atoms with E-state index in [2.05, 4.69) is 5.32 Å². The number of amides is 1. The van der Waals surface area contributed by atoms with Gasteiger partial charge in [0.05, 0.1) is 12.4 Å². The van der Waals surface area contributed by atoms with Crippen molar-refractivity contribution in [3.63, 3.8) is 0 Å². The molecule has 0 heterocycles. The molecule has 0 saturated heterocycles. The summed E-state index contributed by atoms with van der Waals surface area (Å²) in [5, 5.41) is 10.8. The lowest BCUT2D eigenvalue weighted by molar-refractivity contribution is -0.140. The Hall–Kier alpha value is -0.980. The standard InChI is InChI=1S/C8H14FNO4S/c1-6(11)10-7(8(12)13)5-15(14)4-2-3-9/h7H,2-5H2,1H3,(H,10,11)(H,12,13). The van der Waals surface area contributed by atoms with E-state index in [9.17, 15) is 18.2 Å². The molecule has 0 aliphatic heterocycles. The Morgan fingerprint density at radius 2 is 2.13 bits per heavy atom. The molecule has 0 aliphatic rings. The van der Waals surface area contributed by atoms with E-state index >= 15 is 0 Å². The second-order valence-corrected chi connectivity index (χ2v) is 4.57. The second kappa shape index (κ2) is 7.33. The van der Waals surface area contributed by atoms with Crippen molar-refractivity contribution in [1.82, 2.24) is 5.32 Å². The maximum absolute atomic E-state index is 11.7. The van der Waals surface area contributed by atoms with Gasteiger partial charge in [0.2, 0.25) is 5.91 Å². The minimum absolute atomic E-state index is 0.111. The molecule has 0 fully saturated rings. The Labute approximate surface area is 89.5 Å². The molecule has 2 N–H and O–H groups in total. The molecule has 2 unspecified atom stereocenters. The third kappa shape index (κ3) is 7.01. The van der Waals surface area contributed by atoms with Crippen LogP contribution >= 0.6 is 0 Å². The first-order valence-corrected chi connectivity index (χ1v) is 5.87. The third-order valence-electron chi connectivity index (χ3n) is 1.53. The van der Waals surface area contributed by atoms with Gasteiger partial charge in [0.25, 0.3) is 0 Å². The van der Waals surface area contributed by atoms with Crippen molar-refractivity contribution in [3.8, 4) is 0 Å². The number of aliphatic carboxylic acids is 1. The van der Waals surface area contributed by atoms with E-state index in [1.165, 1.54) is 6.92 Å². The van der Waals surface area contributed by atoms with Gasteiger partial charge in [-0.3, -0.25) is 13.4 Å². The van der Waals surface area contributed by atoms with Gasteiger partial charge in [-0.15, -0.1) is 0 Å². The van der Waals surface area contributed by atoms with E-state index in [4.69, 9.17) is 5.11 Å². The molecular formula is C8H14FNO4S. The van der Waals surface area contributed by atoms with Crippen LogP contribution in [-0.4, -0.2) is 45.4 Å². The number of alkyl halides is 1. The fourth-order valence-electron chi connectivity index (χ4n) is 0.905. The summed E-state index contributed by atoms with van der Waals surface area (Å²) < 4.78 is 23.0. The Balaban J connectivity index is 4.10. The van der Waals surface area contributed by atoms with Crippen molar-refractivity contribution in [2.75, 3.05) is 18.2 Å². The Kier molecular flexibility index (Phi) is 6.85. The van der Waals surface area contributed by atoms with Gasteiger partial charge in [-0.25, -0.2) is 4.79 Å². The number of carbonyl (C=O) groups excluding carboxylic acids is 1. The molecule has 1 amide bonds. The maximum Gasteiger partial charge on any atom is 0.327 e. The number of carboxylic acid groups (broad SMARTS) is 1. The SMILES string of the molecule is CC(=O)NC(CS(=O)CCCF)C(=O)O. The van der Waals surface area contributed by atoms with Gasteiger partial charge in [-0.1, -0.05) is 0 Å². The van der Waals surface area contributed by atoms with Crippen molar-refractivity contribution >= 4 is 22.7 Å². The van der Waals surface area contributed by atoms with Gasteiger partial charge in [0.15, 0.2) is 0 Å². The highest BCUT2D eigenvalue weighted by molar-refractivity contribution is 7.85.